The fourth-order valence-corrected chi connectivity index (χ4v) is 2.11. The molecule has 0 amide bonds. The monoisotopic (exact) mass is 265 g/mol. The van der Waals surface area contributed by atoms with Crippen molar-refractivity contribution in [2.45, 2.75) is 17.6 Å². The van der Waals surface area contributed by atoms with Gasteiger partial charge in [0, 0.05) is 17.2 Å². The topological polar surface area (TPSA) is 32.3 Å². The van der Waals surface area contributed by atoms with Gasteiger partial charge >= 0.3 is 6.18 Å². The van der Waals surface area contributed by atoms with Crippen LogP contribution in [0, 0.1) is 0 Å². The number of aliphatic hydroxyl groups excluding tert-OH is 1. The van der Waals surface area contributed by atoms with Gasteiger partial charge in [0.1, 0.15) is 0 Å². The van der Waals surface area contributed by atoms with E-state index in [9.17, 15) is 13.2 Å². The summed E-state index contributed by atoms with van der Waals surface area (Å²) in [5.74, 6) is 0.392. The summed E-state index contributed by atoms with van der Waals surface area (Å²) in [5.41, 5.74) is -0.386. The molecule has 1 rings (SSSR count). The maximum atomic E-state index is 12.8. The van der Waals surface area contributed by atoms with Crippen molar-refractivity contribution in [1.29, 1.82) is 0 Å². The van der Waals surface area contributed by atoms with Crippen molar-refractivity contribution in [3.8, 4) is 0 Å². The van der Waals surface area contributed by atoms with E-state index in [0.717, 1.165) is 6.07 Å². The largest absolute Gasteiger partial charge is 0.416 e. The summed E-state index contributed by atoms with van der Waals surface area (Å²) in [6.45, 7) is 0.129. The molecule has 2 nitrogen and oxygen atoms in total. The maximum absolute atomic E-state index is 12.8. The van der Waals surface area contributed by atoms with Crippen molar-refractivity contribution in [2.24, 2.45) is 0 Å². The van der Waals surface area contributed by atoms with Crippen LogP contribution in [-0.2, 0) is 12.7 Å². The van der Waals surface area contributed by atoms with E-state index in [1.807, 2.05) is 0 Å². The molecule has 1 aromatic carbocycles. The number of aliphatic hydroxyl groups is 1. The second-order valence-electron chi connectivity index (χ2n) is 3.42. The standard InChI is InChI=1S/C11H14F3NOS/c1-15-7-8-2-3-9(17-5-4-16)6-10(8)11(12,13)14/h2-3,6,15-16H,4-5,7H2,1H3. The predicted octanol–water partition coefficient (Wildman–Crippen LogP) is 2.51. The molecular formula is C11H14F3NOS. The van der Waals surface area contributed by atoms with Crippen LogP contribution in [-0.4, -0.2) is 24.5 Å². The van der Waals surface area contributed by atoms with E-state index in [0.29, 0.717) is 10.6 Å². The molecule has 0 unspecified atom stereocenters. The first-order chi connectivity index (χ1) is 7.99. The molecule has 1 aromatic rings. The Morgan fingerprint density at radius 1 is 1.35 bits per heavy atom. The second-order valence-corrected chi connectivity index (χ2v) is 4.59. The molecule has 0 aliphatic heterocycles. The van der Waals surface area contributed by atoms with Crippen molar-refractivity contribution in [3.05, 3.63) is 29.3 Å². The van der Waals surface area contributed by atoms with Crippen LogP contribution in [0.2, 0.25) is 0 Å². The molecule has 0 heterocycles. The lowest BCUT2D eigenvalue weighted by Gasteiger charge is -2.14. The van der Waals surface area contributed by atoms with Crippen molar-refractivity contribution >= 4 is 11.8 Å². The van der Waals surface area contributed by atoms with Gasteiger partial charge < -0.3 is 10.4 Å². The molecule has 6 heteroatoms. The van der Waals surface area contributed by atoms with Crippen LogP contribution in [0.3, 0.4) is 0 Å². The predicted molar refractivity (Wildman–Crippen MR) is 62.0 cm³/mol. The van der Waals surface area contributed by atoms with Gasteiger partial charge in [0.2, 0.25) is 0 Å². The van der Waals surface area contributed by atoms with Gasteiger partial charge in [-0.1, -0.05) is 6.07 Å². The van der Waals surface area contributed by atoms with Crippen LogP contribution in [0.15, 0.2) is 23.1 Å². The minimum atomic E-state index is -4.35. The summed E-state index contributed by atoms with van der Waals surface area (Å²) in [5, 5.41) is 11.4. The Bertz CT molecular complexity index is 368. The molecule has 0 saturated heterocycles. The Balaban J connectivity index is 3.01. The van der Waals surface area contributed by atoms with Crippen LogP contribution in [0.4, 0.5) is 13.2 Å². The minimum absolute atomic E-state index is 0.0513. The fraction of sp³-hybridized carbons (Fsp3) is 0.455. The SMILES string of the molecule is CNCc1ccc(SCCO)cc1C(F)(F)F. The highest BCUT2D eigenvalue weighted by atomic mass is 32.2. The number of benzene rings is 1. The van der Waals surface area contributed by atoms with Gasteiger partial charge in [-0.2, -0.15) is 13.2 Å². The third kappa shape index (κ3) is 4.22. The summed E-state index contributed by atoms with van der Waals surface area (Å²) < 4.78 is 38.4. The van der Waals surface area contributed by atoms with Gasteiger partial charge in [-0.05, 0) is 24.7 Å². The molecule has 0 bridgehead atoms. The Morgan fingerprint density at radius 3 is 2.59 bits per heavy atom. The van der Waals surface area contributed by atoms with Crippen LogP contribution in [0.1, 0.15) is 11.1 Å². The van der Waals surface area contributed by atoms with Crippen LogP contribution < -0.4 is 5.32 Å². The first kappa shape index (κ1) is 14.3. The molecule has 0 aromatic heterocycles. The zero-order valence-electron chi connectivity index (χ0n) is 9.34. The third-order valence-corrected chi connectivity index (χ3v) is 3.09. The Kier molecular flexibility index (Phi) is 5.30. The van der Waals surface area contributed by atoms with Crippen LogP contribution in [0.5, 0.6) is 0 Å². The molecule has 0 spiro atoms. The van der Waals surface area contributed by atoms with E-state index in [-0.39, 0.29) is 18.7 Å². The molecule has 2 N–H and O–H groups in total. The van der Waals surface area contributed by atoms with E-state index in [4.69, 9.17) is 5.11 Å². The first-order valence-electron chi connectivity index (χ1n) is 5.07. The average Bonchev–Trinajstić information content (AvgIpc) is 2.26. The lowest BCUT2D eigenvalue weighted by molar-refractivity contribution is -0.138. The van der Waals surface area contributed by atoms with Crippen LogP contribution >= 0.6 is 11.8 Å². The van der Waals surface area contributed by atoms with E-state index < -0.39 is 11.7 Å². The molecule has 0 radical (unpaired) electrons. The van der Waals surface area contributed by atoms with Gasteiger partial charge in [0.25, 0.3) is 0 Å². The molecule has 0 atom stereocenters. The number of halogens is 3. The van der Waals surface area contributed by atoms with Gasteiger partial charge in [-0.3, -0.25) is 0 Å². The van der Waals surface area contributed by atoms with E-state index in [1.165, 1.54) is 17.8 Å². The fourth-order valence-electron chi connectivity index (χ4n) is 1.42. The Labute approximate surface area is 102 Å². The summed E-state index contributed by atoms with van der Waals surface area (Å²) >= 11 is 1.21. The smallest absolute Gasteiger partial charge is 0.396 e. The number of nitrogens with one attached hydrogen (secondary N) is 1. The molecule has 0 saturated carbocycles. The maximum Gasteiger partial charge on any atom is 0.416 e. The van der Waals surface area contributed by atoms with Crippen molar-refractivity contribution < 1.29 is 18.3 Å². The zero-order chi connectivity index (χ0) is 12.9. The summed E-state index contributed by atoms with van der Waals surface area (Å²) in [4.78, 5) is 0.520. The second kappa shape index (κ2) is 6.28. The molecule has 0 aliphatic rings. The summed E-state index contributed by atoms with van der Waals surface area (Å²) in [7, 11) is 1.61. The highest BCUT2D eigenvalue weighted by Gasteiger charge is 2.33. The number of thioether (sulfide) groups is 1. The number of hydrogen-bond donors (Lipinski definition) is 2. The minimum Gasteiger partial charge on any atom is -0.396 e. The van der Waals surface area contributed by atoms with Crippen molar-refractivity contribution in [1.82, 2.24) is 5.32 Å². The summed E-state index contributed by atoms with van der Waals surface area (Å²) in [6, 6.07) is 4.24. The van der Waals surface area contributed by atoms with Gasteiger partial charge in [0.15, 0.2) is 0 Å². The number of rotatable bonds is 5. The molecule has 0 fully saturated rings. The Hall–Kier alpha value is -0.720. The highest BCUT2D eigenvalue weighted by molar-refractivity contribution is 7.99. The first-order valence-corrected chi connectivity index (χ1v) is 6.06. The molecule has 0 aliphatic carbocycles. The lowest BCUT2D eigenvalue weighted by atomic mass is 10.1. The van der Waals surface area contributed by atoms with Gasteiger partial charge in [-0.25, -0.2) is 0 Å². The van der Waals surface area contributed by atoms with Crippen molar-refractivity contribution in [3.63, 3.8) is 0 Å². The number of alkyl halides is 3. The van der Waals surface area contributed by atoms with Crippen LogP contribution in [0.25, 0.3) is 0 Å². The highest BCUT2D eigenvalue weighted by Crippen LogP contribution is 2.34. The van der Waals surface area contributed by atoms with E-state index >= 15 is 0 Å². The number of hydrogen-bond acceptors (Lipinski definition) is 3. The lowest BCUT2D eigenvalue weighted by Crippen LogP contribution is -2.14. The zero-order valence-corrected chi connectivity index (χ0v) is 10.2. The van der Waals surface area contributed by atoms with E-state index in [1.54, 1.807) is 13.1 Å². The van der Waals surface area contributed by atoms with E-state index in [2.05, 4.69) is 5.32 Å². The molecule has 96 valence electrons. The molecular weight excluding hydrogens is 251 g/mol. The average molecular weight is 265 g/mol. The van der Waals surface area contributed by atoms with Gasteiger partial charge in [0.05, 0.1) is 12.2 Å². The van der Waals surface area contributed by atoms with Gasteiger partial charge in [-0.15, -0.1) is 11.8 Å². The van der Waals surface area contributed by atoms with Crippen molar-refractivity contribution in [2.75, 3.05) is 19.4 Å². The third-order valence-electron chi connectivity index (χ3n) is 2.11. The molecule has 17 heavy (non-hydrogen) atoms. The normalized spacial score (nSPS) is 11.8. The Morgan fingerprint density at radius 2 is 2.06 bits per heavy atom. The summed E-state index contributed by atoms with van der Waals surface area (Å²) in [6.07, 6.45) is -4.35. The quantitative estimate of drug-likeness (QED) is 0.802.